The van der Waals surface area contributed by atoms with Gasteiger partial charge < -0.3 is 10.2 Å². The second-order valence-electron chi connectivity index (χ2n) is 9.21. The van der Waals surface area contributed by atoms with Crippen molar-refractivity contribution in [1.29, 1.82) is 0 Å². The SMILES string of the molecule is CNC(=O)[C@H](Cc1ccccc1)N(Cc1ccccc1F)C(=O)CCCN(c1ccc(C)cc1)S(C)(=O)=O. The maximum Gasteiger partial charge on any atom is 0.242 e. The van der Waals surface area contributed by atoms with Crippen LogP contribution in [0, 0.1) is 12.7 Å². The average Bonchev–Trinajstić information content (AvgIpc) is 2.89. The van der Waals surface area contributed by atoms with E-state index in [1.54, 1.807) is 30.3 Å². The van der Waals surface area contributed by atoms with E-state index in [9.17, 15) is 22.4 Å². The van der Waals surface area contributed by atoms with Crippen molar-refractivity contribution in [2.45, 2.75) is 38.8 Å². The molecule has 0 aliphatic heterocycles. The molecule has 3 rings (SSSR count). The van der Waals surface area contributed by atoms with Gasteiger partial charge in [-0.15, -0.1) is 0 Å². The van der Waals surface area contributed by atoms with Gasteiger partial charge in [-0.3, -0.25) is 13.9 Å². The molecule has 3 aromatic carbocycles. The number of likely N-dealkylation sites (N-methyl/N-ethyl adjacent to an activating group) is 1. The number of carbonyl (C=O) groups excluding carboxylic acids is 2. The number of rotatable bonds is 12. The van der Waals surface area contributed by atoms with Crippen molar-refractivity contribution in [3.8, 4) is 0 Å². The third-order valence-electron chi connectivity index (χ3n) is 6.29. The Balaban J connectivity index is 1.84. The minimum absolute atomic E-state index is 0.0192. The summed E-state index contributed by atoms with van der Waals surface area (Å²) >= 11 is 0. The van der Waals surface area contributed by atoms with E-state index in [4.69, 9.17) is 0 Å². The van der Waals surface area contributed by atoms with E-state index in [0.717, 1.165) is 17.4 Å². The van der Waals surface area contributed by atoms with Gasteiger partial charge in [-0.05, 0) is 37.1 Å². The number of hydrogen-bond donors (Lipinski definition) is 1. The van der Waals surface area contributed by atoms with Crippen LogP contribution in [0.4, 0.5) is 10.1 Å². The summed E-state index contributed by atoms with van der Waals surface area (Å²) in [6, 6.07) is 21.7. The van der Waals surface area contributed by atoms with Crippen LogP contribution in [0.5, 0.6) is 0 Å². The van der Waals surface area contributed by atoms with E-state index < -0.39 is 21.9 Å². The topological polar surface area (TPSA) is 86.8 Å². The lowest BCUT2D eigenvalue weighted by Crippen LogP contribution is -2.50. The fourth-order valence-electron chi connectivity index (χ4n) is 4.25. The standard InChI is InChI=1S/C29H34FN3O4S/c1-22-15-17-25(18-16-22)33(38(3,36)37)19-9-14-28(34)32(21-24-12-7-8-13-26(24)30)27(29(35)31-2)20-23-10-5-4-6-11-23/h4-8,10-13,15-18,27H,9,14,19-21H2,1-3H3,(H,31,35)/t27-/m0/s1. The minimum Gasteiger partial charge on any atom is -0.357 e. The zero-order valence-electron chi connectivity index (χ0n) is 21.9. The van der Waals surface area contributed by atoms with E-state index in [2.05, 4.69) is 5.32 Å². The average molecular weight is 540 g/mol. The number of nitrogens with one attached hydrogen (secondary N) is 1. The second kappa shape index (κ2) is 13.2. The molecule has 0 bridgehead atoms. The molecule has 202 valence electrons. The first kappa shape index (κ1) is 28.8. The van der Waals surface area contributed by atoms with Crippen LogP contribution < -0.4 is 9.62 Å². The maximum atomic E-state index is 14.6. The van der Waals surface area contributed by atoms with Gasteiger partial charge in [0, 0.05) is 38.5 Å². The van der Waals surface area contributed by atoms with E-state index in [0.29, 0.717) is 11.3 Å². The molecule has 0 radical (unpaired) electrons. The molecule has 38 heavy (non-hydrogen) atoms. The van der Waals surface area contributed by atoms with Crippen molar-refractivity contribution >= 4 is 27.5 Å². The molecule has 0 saturated heterocycles. The number of aryl methyl sites for hydroxylation is 1. The molecule has 1 atom stereocenters. The van der Waals surface area contributed by atoms with Gasteiger partial charge in [0.25, 0.3) is 0 Å². The third kappa shape index (κ3) is 7.89. The van der Waals surface area contributed by atoms with E-state index in [1.165, 1.54) is 22.3 Å². The highest BCUT2D eigenvalue weighted by Gasteiger charge is 2.30. The number of halogens is 1. The van der Waals surface area contributed by atoms with Gasteiger partial charge in [0.2, 0.25) is 21.8 Å². The van der Waals surface area contributed by atoms with Crippen molar-refractivity contribution < 1.29 is 22.4 Å². The lowest BCUT2D eigenvalue weighted by atomic mass is 10.0. The summed E-state index contributed by atoms with van der Waals surface area (Å²) in [5, 5.41) is 2.63. The number of sulfonamides is 1. The first-order valence-corrected chi connectivity index (χ1v) is 14.3. The number of hydrogen-bond acceptors (Lipinski definition) is 4. The van der Waals surface area contributed by atoms with Gasteiger partial charge in [0.05, 0.1) is 11.9 Å². The number of carbonyl (C=O) groups is 2. The molecule has 0 unspecified atom stereocenters. The summed E-state index contributed by atoms with van der Waals surface area (Å²) < 4.78 is 40.8. The van der Waals surface area contributed by atoms with Crippen molar-refractivity contribution in [1.82, 2.24) is 10.2 Å². The Labute approximate surface area is 224 Å². The van der Waals surface area contributed by atoms with Crippen LogP contribution in [0.25, 0.3) is 0 Å². The third-order valence-corrected chi connectivity index (χ3v) is 7.48. The van der Waals surface area contributed by atoms with E-state index in [-0.39, 0.29) is 44.2 Å². The molecule has 0 heterocycles. The van der Waals surface area contributed by atoms with E-state index in [1.807, 2.05) is 49.4 Å². The van der Waals surface area contributed by atoms with Crippen LogP contribution in [0.3, 0.4) is 0 Å². The van der Waals surface area contributed by atoms with Gasteiger partial charge in [-0.25, -0.2) is 12.8 Å². The van der Waals surface area contributed by atoms with Crippen LogP contribution in [-0.4, -0.2) is 51.0 Å². The predicted molar refractivity (Wildman–Crippen MR) is 148 cm³/mol. The minimum atomic E-state index is -3.58. The van der Waals surface area contributed by atoms with Gasteiger partial charge in [-0.1, -0.05) is 66.2 Å². The predicted octanol–water partition coefficient (Wildman–Crippen LogP) is 4.07. The van der Waals surface area contributed by atoms with Crippen LogP contribution in [-0.2, 0) is 32.6 Å². The molecule has 0 spiro atoms. The number of benzene rings is 3. The lowest BCUT2D eigenvalue weighted by molar-refractivity contribution is -0.141. The highest BCUT2D eigenvalue weighted by atomic mass is 32.2. The van der Waals surface area contributed by atoms with Gasteiger partial charge in [0.1, 0.15) is 11.9 Å². The molecule has 1 N–H and O–H groups in total. The Morgan fingerprint density at radius 1 is 0.947 bits per heavy atom. The van der Waals surface area contributed by atoms with Gasteiger partial charge in [0.15, 0.2) is 0 Å². The zero-order chi connectivity index (χ0) is 27.7. The molecule has 9 heteroatoms. The smallest absolute Gasteiger partial charge is 0.242 e. The van der Waals surface area contributed by atoms with Crippen LogP contribution in [0.15, 0.2) is 78.9 Å². The molecule has 7 nitrogen and oxygen atoms in total. The quantitative estimate of drug-likeness (QED) is 0.376. The van der Waals surface area contributed by atoms with Crippen LogP contribution in [0.2, 0.25) is 0 Å². The normalized spacial score (nSPS) is 12.0. The molecule has 3 aromatic rings. The van der Waals surface area contributed by atoms with Crippen LogP contribution in [0.1, 0.15) is 29.5 Å². The van der Waals surface area contributed by atoms with E-state index >= 15 is 0 Å². The molecule has 0 aliphatic carbocycles. The molecule has 2 amide bonds. The maximum absolute atomic E-state index is 14.6. The van der Waals surface area contributed by atoms with Crippen molar-refractivity contribution in [3.63, 3.8) is 0 Å². The Kier molecular flexibility index (Phi) is 10.0. The summed E-state index contributed by atoms with van der Waals surface area (Å²) in [7, 11) is -2.09. The molecule has 0 fully saturated rings. The highest BCUT2D eigenvalue weighted by molar-refractivity contribution is 7.92. The zero-order valence-corrected chi connectivity index (χ0v) is 22.7. The molecule has 0 aromatic heterocycles. The summed E-state index contributed by atoms with van der Waals surface area (Å²) in [5.41, 5.74) is 2.66. The summed E-state index contributed by atoms with van der Waals surface area (Å²) in [5.74, 6) is -1.20. The monoisotopic (exact) mass is 539 g/mol. The fourth-order valence-corrected chi connectivity index (χ4v) is 5.21. The highest BCUT2D eigenvalue weighted by Crippen LogP contribution is 2.21. The first-order chi connectivity index (χ1) is 18.1. The Morgan fingerprint density at radius 3 is 2.18 bits per heavy atom. The molecular weight excluding hydrogens is 505 g/mol. The molecule has 0 aliphatic rings. The second-order valence-corrected chi connectivity index (χ2v) is 11.1. The van der Waals surface area contributed by atoms with Crippen molar-refractivity contribution in [3.05, 3.63) is 101 Å². The Morgan fingerprint density at radius 2 is 1.58 bits per heavy atom. The summed E-state index contributed by atoms with van der Waals surface area (Å²) in [6.45, 7) is 1.91. The van der Waals surface area contributed by atoms with Gasteiger partial charge in [-0.2, -0.15) is 0 Å². The lowest BCUT2D eigenvalue weighted by Gasteiger charge is -2.31. The summed E-state index contributed by atoms with van der Waals surface area (Å²) in [4.78, 5) is 27.9. The van der Waals surface area contributed by atoms with Crippen molar-refractivity contribution in [2.75, 3.05) is 24.2 Å². The largest absolute Gasteiger partial charge is 0.357 e. The Hall–Kier alpha value is -3.72. The number of nitrogens with zero attached hydrogens (tertiary/aromatic N) is 2. The van der Waals surface area contributed by atoms with Crippen LogP contribution >= 0.6 is 0 Å². The Bertz CT molecular complexity index is 1330. The fraction of sp³-hybridized carbons (Fsp3) is 0.310. The summed E-state index contributed by atoms with van der Waals surface area (Å²) in [6.07, 6.45) is 1.58. The molecular formula is C29H34FN3O4S. The number of anilines is 1. The molecule has 0 saturated carbocycles. The van der Waals surface area contributed by atoms with Gasteiger partial charge >= 0.3 is 0 Å². The number of amides is 2. The van der Waals surface area contributed by atoms with Crippen molar-refractivity contribution in [2.24, 2.45) is 0 Å². The first-order valence-electron chi connectivity index (χ1n) is 12.4.